The number of morpholine rings is 1. The second kappa shape index (κ2) is 6.86. The summed E-state index contributed by atoms with van der Waals surface area (Å²) in [6.07, 6.45) is 3.13. The predicted molar refractivity (Wildman–Crippen MR) is 71.7 cm³/mol. The van der Waals surface area contributed by atoms with Crippen molar-refractivity contribution in [2.24, 2.45) is 5.92 Å². The van der Waals surface area contributed by atoms with Crippen LogP contribution < -0.4 is 0 Å². The Labute approximate surface area is 112 Å². The molecule has 2 saturated heterocycles. The molecule has 0 bridgehead atoms. The molecule has 0 aliphatic carbocycles. The molecule has 0 aromatic rings. The van der Waals surface area contributed by atoms with Gasteiger partial charge in [-0.1, -0.05) is 0 Å². The van der Waals surface area contributed by atoms with E-state index in [2.05, 4.69) is 0 Å². The Morgan fingerprint density at radius 2 is 2.18 bits per heavy atom. The fraction of sp³-hybridized carbons (Fsp3) is 0.917. The van der Waals surface area contributed by atoms with E-state index in [4.69, 9.17) is 16.3 Å². The van der Waals surface area contributed by atoms with Gasteiger partial charge in [-0.25, -0.2) is 0 Å². The molecule has 2 heterocycles. The van der Waals surface area contributed by atoms with Gasteiger partial charge in [0, 0.05) is 19.5 Å². The Kier molecular flexibility index (Phi) is 5.45. The number of rotatable bonds is 3. The van der Waals surface area contributed by atoms with Crippen LogP contribution in [0.1, 0.15) is 19.3 Å². The topological polar surface area (TPSA) is 29.5 Å². The largest absolute Gasteiger partial charge is 0.373 e. The molecule has 0 aromatic heterocycles. The highest BCUT2D eigenvalue weighted by Crippen LogP contribution is 2.26. The minimum Gasteiger partial charge on any atom is -0.373 e. The lowest BCUT2D eigenvalue weighted by atomic mass is 9.98. The van der Waals surface area contributed by atoms with Crippen molar-refractivity contribution in [3.63, 3.8) is 0 Å². The van der Waals surface area contributed by atoms with E-state index in [0.717, 1.165) is 13.0 Å². The third-order valence-electron chi connectivity index (χ3n) is 3.47. The van der Waals surface area contributed by atoms with Crippen molar-refractivity contribution < 1.29 is 9.53 Å². The van der Waals surface area contributed by atoms with Gasteiger partial charge < -0.3 is 9.64 Å². The van der Waals surface area contributed by atoms with E-state index in [-0.39, 0.29) is 6.10 Å². The van der Waals surface area contributed by atoms with Gasteiger partial charge in [0.1, 0.15) is 0 Å². The summed E-state index contributed by atoms with van der Waals surface area (Å²) in [6.45, 7) is 2.03. The van der Waals surface area contributed by atoms with Gasteiger partial charge >= 0.3 is 0 Å². The van der Waals surface area contributed by atoms with Crippen LogP contribution in [0.3, 0.4) is 0 Å². The number of nitrogens with zero attached hydrogens (tertiary/aromatic N) is 1. The van der Waals surface area contributed by atoms with Gasteiger partial charge in [-0.05, 0) is 30.3 Å². The number of alkyl halides is 1. The van der Waals surface area contributed by atoms with Gasteiger partial charge in [-0.2, -0.15) is 11.8 Å². The molecule has 1 amide bonds. The maximum atomic E-state index is 12.1. The molecule has 1 atom stereocenters. The van der Waals surface area contributed by atoms with Crippen LogP contribution in [0.25, 0.3) is 0 Å². The molecular weight excluding hydrogens is 258 g/mol. The number of thioether (sulfide) groups is 1. The molecule has 0 aromatic carbocycles. The van der Waals surface area contributed by atoms with Crippen molar-refractivity contribution in [3.8, 4) is 0 Å². The molecule has 2 aliphatic heterocycles. The quantitative estimate of drug-likeness (QED) is 0.739. The van der Waals surface area contributed by atoms with Gasteiger partial charge in [-0.3, -0.25) is 4.79 Å². The van der Waals surface area contributed by atoms with Crippen molar-refractivity contribution in [1.82, 2.24) is 4.90 Å². The van der Waals surface area contributed by atoms with E-state index in [9.17, 15) is 4.79 Å². The molecule has 17 heavy (non-hydrogen) atoms. The average molecular weight is 278 g/mol. The van der Waals surface area contributed by atoms with Crippen LogP contribution in [0.15, 0.2) is 0 Å². The maximum absolute atomic E-state index is 12.1. The SMILES string of the molecule is O=C(CC1CCSCC1)N1CCOC(CCl)C1. The zero-order valence-electron chi connectivity index (χ0n) is 10.1. The van der Waals surface area contributed by atoms with Crippen molar-refractivity contribution in [3.05, 3.63) is 0 Å². The lowest BCUT2D eigenvalue weighted by Crippen LogP contribution is -2.46. The van der Waals surface area contributed by atoms with Crippen LogP contribution in [0.5, 0.6) is 0 Å². The second-order valence-corrected chi connectivity index (χ2v) is 6.28. The smallest absolute Gasteiger partial charge is 0.223 e. The summed E-state index contributed by atoms with van der Waals surface area (Å²) in [6, 6.07) is 0. The van der Waals surface area contributed by atoms with Crippen LogP contribution in [0, 0.1) is 5.92 Å². The van der Waals surface area contributed by atoms with Gasteiger partial charge in [0.05, 0.1) is 18.6 Å². The molecule has 2 aliphatic rings. The molecule has 2 fully saturated rings. The van der Waals surface area contributed by atoms with E-state index in [1.54, 1.807) is 0 Å². The first-order valence-corrected chi connectivity index (χ1v) is 8.01. The highest BCUT2D eigenvalue weighted by molar-refractivity contribution is 7.99. The van der Waals surface area contributed by atoms with Crippen molar-refractivity contribution in [1.29, 1.82) is 0 Å². The Hall–Kier alpha value is 0.0700. The number of carbonyl (C=O) groups excluding carboxylic acids is 1. The van der Waals surface area contributed by atoms with Crippen LogP contribution in [-0.4, -0.2) is 54.0 Å². The van der Waals surface area contributed by atoms with Crippen molar-refractivity contribution >= 4 is 29.3 Å². The number of amides is 1. The number of hydrogen-bond donors (Lipinski definition) is 0. The Balaban J connectivity index is 1.78. The summed E-state index contributed by atoms with van der Waals surface area (Å²) < 4.78 is 5.47. The minimum absolute atomic E-state index is 0.0243. The van der Waals surface area contributed by atoms with E-state index in [0.29, 0.717) is 30.9 Å². The summed E-state index contributed by atoms with van der Waals surface area (Å²) >= 11 is 7.78. The minimum atomic E-state index is 0.0243. The summed E-state index contributed by atoms with van der Waals surface area (Å²) in [4.78, 5) is 14.1. The lowest BCUT2D eigenvalue weighted by molar-refractivity contribution is -0.139. The number of halogens is 1. The molecule has 98 valence electrons. The van der Waals surface area contributed by atoms with E-state index in [1.165, 1.54) is 24.3 Å². The summed E-state index contributed by atoms with van der Waals surface area (Å²) in [5, 5.41) is 0. The summed E-state index contributed by atoms with van der Waals surface area (Å²) in [5.41, 5.74) is 0. The summed E-state index contributed by atoms with van der Waals surface area (Å²) in [7, 11) is 0. The molecule has 2 rings (SSSR count). The van der Waals surface area contributed by atoms with E-state index < -0.39 is 0 Å². The molecule has 5 heteroatoms. The van der Waals surface area contributed by atoms with E-state index >= 15 is 0 Å². The Morgan fingerprint density at radius 3 is 2.88 bits per heavy atom. The first-order valence-electron chi connectivity index (χ1n) is 6.32. The van der Waals surface area contributed by atoms with Gasteiger partial charge in [0.2, 0.25) is 5.91 Å². The Bertz CT molecular complexity index is 259. The number of carbonyl (C=O) groups is 1. The van der Waals surface area contributed by atoms with E-state index in [1.807, 2.05) is 16.7 Å². The lowest BCUT2D eigenvalue weighted by Gasteiger charge is -2.33. The number of hydrogen-bond acceptors (Lipinski definition) is 3. The molecule has 0 spiro atoms. The second-order valence-electron chi connectivity index (χ2n) is 4.75. The molecule has 0 radical (unpaired) electrons. The first-order chi connectivity index (χ1) is 8.29. The highest BCUT2D eigenvalue weighted by atomic mass is 35.5. The molecule has 0 saturated carbocycles. The van der Waals surface area contributed by atoms with Crippen LogP contribution in [0.4, 0.5) is 0 Å². The predicted octanol–water partition coefficient (Wildman–Crippen LogP) is 1.99. The molecule has 3 nitrogen and oxygen atoms in total. The fourth-order valence-electron chi connectivity index (χ4n) is 2.37. The third-order valence-corrected chi connectivity index (χ3v) is 4.86. The normalized spacial score (nSPS) is 27.1. The highest BCUT2D eigenvalue weighted by Gasteiger charge is 2.26. The van der Waals surface area contributed by atoms with Gasteiger partial charge in [0.25, 0.3) is 0 Å². The first kappa shape index (κ1) is 13.5. The van der Waals surface area contributed by atoms with Crippen molar-refractivity contribution in [2.45, 2.75) is 25.4 Å². The third kappa shape index (κ3) is 4.04. The Morgan fingerprint density at radius 1 is 1.41 bits per heavy atom. The fourth-order valence-corrected chi connectivity index (χ4v) is 3.76. The molecular formula is C12H20ClNO2S. The van der Waals surface area contributed by atoms with Gasteiger partial charge in [-0.15, -0.1) is 11.6 Å². The van der Waals surface area contributed by atoms with Crippen LogP contribution >= 0.6 is 23.4 Å². The zero-order valence-corrected chi connectivity index (χ0v) is 11.6. The number of ether oxygens (including phenoxy) is 1. The maximum Gasteiger partial charge on any atom is 0.223 e. The standard InChI is InChI=1S/C12H20ClNO2S/c13-8-11-9-14(3-4-16-11)12(15)7-10-1-5-17-6-2-10/h10-11H,1-9H2. The van der Waals surface area contributed by atoms with Crippen LogP contribution in [-0.2, 0) is 9.53 Å². The zero-order chi connectivity index (χ0) is 12.1. The summed E-state index contributed by atoms with van der Waals surface area (Å²) in [5.74, 6) is 3.79. The van der Waals surface area contributed by atoms with Crippen molar-refractivity contribution in [2.75, 3.05) is 37.1 Å². The average Bonchev–Trinajstić information content (AvgIpc) is 2.40. The van der Waals surface area contributed by atoms with Crippen LogP contribution in [0.2, 0.25) is 0 Å². The molecule has 1 unspecified atom stereocenters. The monoisotopic (exact) mass is 277 g/mol. The molecule has 0 N–H and O–H groups in total. The van der Waals surface area contributed by atoms with Gasteiger partial charge in [0.15, 0.2) is 0 Å².